The van der Waals surface area contributed by atoms with E-state index in [0.717, 1.165) is 44.7 Å². The highest BCUT2D eigenvalue weighted by atomic mass is 33.1. The van der Waals surface area contributed by atoms with Crippen molar-refractivity contribution < 1.29 is 48.4 Å². The molecule has 52 heavy (non-hydrogen) atoms. The molecule has 0 bridgehead atoms. The molecule has 13 nitrogen and oxygen atoms in total. The van der Waals surface area contributed by atoms with E-state index in [4.69, 9.17) is 24.4 Å². The highest BCUT2D eigenvalue weighted by Crippen LogP contribution is 2.20. The quantitative estimate of drug-likeness (QED) is 0.232. The molecule has 6 rings (SSSR count). The second-order valence-electron chi connectivity index (χ2n) is 11.5. The van der Waals surface area contributed by atoms with Gasteiger partial charge in [-0.3, -0.25) is 9.80 Å². The number of aliphatic hydroxyl groups is 1. The maximum absolute atomic E-state index is 11.6. The summed E-state index contributed by atoms with van der Waals surface area (Å²) in [5.74, 6) is -0.979. The number of carboxylic acid groups (broad SMARTS) is 1. The zero-order valence-electron chi connectivity index (χ0n) is 28.3. The van der Waals surface area contributed by atoms with Gasteiger partial charge in [0, 0.05) is 50.9 Å². The summed E-state index contributed by atoms with van der Waals surface area (Å²) in [5, 5.41) is 17.7. The van der Waals surface area contributed by atoms with E-state index in [1.807, 2.05) is 91.0 Å². The van der Waals surface area contributed by atoms with Crippen LogP contribution < -0.4 is 0 Å². The van der Waals surface area contributed by atoms with Gasteiger partial charge in [0.15, 0.2) is 0 Å². The summed E-state index contributed by atoms with van der Waals surface area (Å²) in [7, 11) is 0.917. The summed E-state index contributed by atoms with van der Waals surface area (Å²) in [6.45, 7) is 2.46. The van der Waals surface area contributed by atoms with Crippen LogP contribution in [-0.4, -0.2) is 99.8 Å². The van der Waals surface area contributed by atoms with Crippen molar-refractivity contribution in [2.45, 2.75) is 57.2 Å². The fourth-order valence-electron chi connectivity index (χ4n) is 4.92. The lowest BCUT2D eigenvalue weighted by Crippen LogP contribution is -2.55. The van der Waals surface area contributed by atoms with E-state index >= 15 is 0 Å². The Bertz CT molecular complexity index is 1610. The van der Waals surface area contributed by atoms with E-state index in [1.54, 1.807) is 4.90 Å². The molecule has 3 saturated heterocycles. The van der Waals surface area contributed by atoms with Crippen molar-refractivity contribution in [1.82, 2.24) is 14.7 Å². The summed E-state index contributed by atoms with van der Waals surface area (Å²) in [4.78, 5) is 60.1. The van der Waals surface area contributed by atoms with Crippen LogP contribution in [0.25, 0.3) is 0 Å². The number of nitrogens with zero attached hydrogens (tertiary/aromatic N) is 3. The van der Waals surface area contributed by atoms with Gasteiger partial charge in [0.2, 0.25) is 0 Å². The SMILES string of the molecule is O=C(O)[C@H]1CCN1C(=O)OCc1ccccc1.O=C(OCc1ccccc1)N1CC[C@@H]1CO.O=C[C@H]1CCN1C(=O)OCc1ccccc1.S=S=S. The maximum atomic E-state index is 11.6. The van der Waals surface area contributed by atoms with Gasteiger partial charge in [-0.15, -0.1) is 0 Å². The largest absolute Gasteiger partial charge is 0.480 e. The standard InChI is InChI=1S/C12H13NO4.C12H15NO3.C12H13NO3.S3/c14-11(15)10-6-7-13(10)12(16)17-8-9-4-2-1-3-5-9;2*14-8-11-6-7-13(11)12(15)16-9-10-4-2-1-3-5-10;1-3-2/h1-5,10H,6-8H2,(H,14,15);1-5,11,14H,6-9H2;1-5,8,11H,6-7,9H2;/t10-;2*11-;/m111./s1. The number of rotatable bonds is 9. The highest BCUT2D eigenvalue weighted by Gasteiger charge is 2.38. The van der Waals surface area contributed by atoms with Gasteiger partial charge >= 0.3 is 24.2 Å². The molecular formula is C36H41N3O10S3. The smallest absolute Gasteiger partial charge is 0.410 e. The van der Waals surface area contributed by atoms with Crippen LogP contribution in [0.2, 0.25) is 0 Å². The molecule has 3 heterocycles. The minimum absolute atomic E-state index is 0.0143. The molecule has 3 aromatic carbocycles. The Labute approximate surface area is 314 Å². The number of hydrogen-bond acceptors (Lipinski definition) is 11. The summed E-state index contributed by atoms with van der Waals surface area (Å²) in [5.41, 5.74) is 2.80. The summed E-state index contributed by atoms with van der Waals surface area (Å²) in [6.07, 6.45) is 1.57. The molecule has 3 fully saturated rings. The molecule has 3 aromatic rings. The molecule has 0 aromatic heterocycles. The number of likely N-dealkylation sites (tertiary alicyclic amines) is 3. The highest BCUT2D eigenvalue weighted by molar-refractivity contribution is 8.37. The third kappa shape index (κ3) is 13.4. The number of aliphatic carboxylic acids is 1. The van der Waals surface area contributed by atoms with Crippen molar-refractivity contribution in [3.05, 3.63) is 108 Å². The van der Waals surface area contributed by atoms with Gasteiger partial charge in [-0.05, 0) is 36.0 Å². The first-order valence-corrected chi connectivity index (χ1v) is 19.0. The number of carbonyl (C=O) groups is 5. The Hall–Kier alpha value is -4.77. The molecule has 3 aliphatic heterocycles. The second-order valence-corrected chi connectivity index (χ2v) is 13.3. The van der Waals surface area contributed by atoms with Crippen LogP contribution in [0.3, 0.4) is 0 Å². The van der Waals surface area contributed by atoms with Gasteiger partial charge in [-0.25, -0.2) is 19.2 Å². The topological polar surface area (TPSA) is 163 Å². The number of benzene rings is 3. The summed E-state index contributed by atoms with van der Waals surface area (Å²) in [6, 6.07) is 27.2. The normalized spacial score (nSPS) is 17.9. The zero-order chi connectivity index (χ0) is 37.7. The number of carbonyl (C=O) groups excluding carboxylic acids is 4. The third-order valence-electron chi connectivity index (χ3n) is 8.20. The van der Waals surface area contributed by atoms with Crippen LogP contribution in [0.5, 0.6) is 0 Å². The second kappa shape index (κ2) is 22.9. The van der Waals surface area contributed by atoms with Crippen molar-refractivity contribution in [1.29, 1.82) is 0 Å². The van der Waals surface area contributed by atoms with E-state index < -0.39 is 24.2 Å². The average Bonchev–Trinajstić information content (AvgIpc) is 3.10. The van der Waals surface area contributed by atoms with E-state index in [1.165, 1.54) is 9.80 Å². The van der Waals surface area contributed by atoms with Gasteiger partial charge in [0.1, 0.15) is 32.1 Å². The number of hydrogen-bond donors (Lipinski definition) is 2. The van der Waals surface area contributed by atoms with E-state index in [2.05, 4.69) is 22.4 Å². The van der Waals surface area contributed by atoms with Gasteiger partial charge in [0.25, 0.3) is 0 Å². The number of aldehydes is 1. The van der Waals surface area contributed by atoms with Crippen LogP contribution in [0, 0.1) is 0 Å². The molecule has 3 atom stereocenters. The molecule has 0 radical (unpaired) electrons. The van der Waals surface area contributed by atoms with Crippen molar-refractivity contribution >= 4 is 61.8 Å². The number of carboxylic acids is 1. The molecule has 278 valence electrons. The van der Waals surface area contributed by atoms with Gasteiger partial charge in [0.05, 0.1) is 18.7 Å². The monoisotopic (exact) mass is 771 g/mol. The fraction of sp³-hybridized carbons (Fsp3) is 0.361. The molecule has 0 aliphatic carbocycles. The third-order valence-corrected chi connectivity index (χ3v) is 8.20. The van der Waals surface area contributed by atoms with Crippen molar-refractivity contribution in [2.24, 2.45) is 0 Å². The zero-order valence-corrected chi connectivity index (χ0v) is 30.7. The Kier molecular flexibility index (Phi) is 18.4. The van der Waals surface area contributed by atoms with Gasteiger partial charge in [-0.1, -0.05) is 91.0 Å². The Morgan fingerprint density at radius 1 is 0.654 bits per heavy atom. The minimum Gasteiger partial charge on any atom is -0.480 e. The lowest BCUT2D eigenvalue weighted by molar-refractivity contribution is -0.147. The summed E-state index contributed by atoms with van der Waals surface area (Å²) < 4.78 is 15.3. The molecule has 3 aliphatic rings. The predicted octanol–water partition coefficient (Wildman–Crippen LogP) is 4.46. The first kappa shape index (κ1) is 41.6. The fourth-order valence-corrected chi connectivity index (χ4v) is 4.92. The lowest BCUT2D eigenvalue weighted by atomic mass is 10.1. The first-order chi connectivity index (χ1) is 25.2. The van der Waals surface area contributed by atoms with Crippen LogP contribution in [0.1, 0.15) is 36.0 Å². The van der Waals surface area contributed by atoms with Crippen LogP contribution >= 0.6 is 0 Å². The van der Waals surface area contributed by atoms with E-state index in [0.29, 0.717) is 26.1 Å². The number of amides is 3. The van der Waals surface area contributed by atoms with E-state index in [9.17, 15) is 24.0 Å². The van der Waals surface area contributed by atoms with Crippen LogP contribution in [0.15, 0.2) is 91.0 Å². The predicted molar refractivity (Wildman–Crippen MR) is 198 cm³/mol. The summed E-state index contributed by atoms with van der Waals surface area (Å²) >= 11 is 8.25. The molecule has 0 saturated carbocycles. The van der Waals surface area contributed by atoms with E-state index in [-0.39, 0.29) is 44.6 Å². The number of aliphatic hydroxyl groups excluding tert-OH is 1. The minimum atomic E-state index is -0.979. The lowest BCUT2D eigenvalue weighted by Gasteiger charge is -2.38. The van der Waals surface area contributed by atoms with Crippen LogP contribution in [0.4, 0.5) is 14.4 Å². The molecule has 0 unspecified atom stereocenters. The number of ether oxygens (including phenoxy) is 3. The first-order valence-electron chi connectivity index (χ1n) is 16.3. The molecular weight excluding hydrogens is 731 g/mol. The maximum Gasteiger partial charge on any atom is 0.410 e. The molecule has 3 amide bonds. The molecule has 2 N–H and O–H groups in total. The average molecular weight is 772 g/mol. The molecule has 0 spiro atoms. The van der Waals surface area contributed by atoms with Crippen molar-refractivity contribution in [3.8, 4) is 0 Å². The van der Waals surface area contributed by atoms with Crippen molar-refractivity contribution in [3.63, 3.8) is 0 Å². The van der Waals surface area contributed by atoms with Gasteiger partial charge < -0.3 is 34.1 Å². The molecule has 16 heteroatoms. The van der Waals surface area contributed by atoms with Crippen LogP contribution in [-0.2, 0) is 74.9 Å². The Morgan fingerprint density at radius 3 is 1.33 bits per heavy atom. The Morgan fingerprint density at radius 2 is 1.04 bits per heavy atom. The van der Waals surface area contributed by atoms with Crippen molar-refractivity contribution in [2.75, 3.05) is 26.2 Å². The Balaban J connectivity index is 0.000000202. The van der Waals surface area contributed by atoms with Gasteiger partial charge in [-0.2, -0.15) is 0 Å².